The van der Waals surface area contributed by atoms with Gasteiger partial charge >= 0.3 is 0 Å². The highest BCUT2D eigenvalue weighted by atomic mass is 32.1. The fourth-order valence-corrected chi connectivity index (χ4v) is 6.11. The third-order valence-electron chi connectivity index (χ3n) is 7.27. The van der Waals surface area contributed by atoms with Gasteiger partial charge in [-0.05, 0) is 43.9 Å². The lowest BCUT2D eigenvalue weighted by atomic mass is 9.99. The van der Waals surface area contributed by atoms with Gasteiger partial charge < -0.3 is 29.6 Å². The maximum atomic E-state index is 14.2. The molecule has 1 aromatic carbocycles. The zero-order valence-corrected chi connectivity index (χ0v) is 23.9. The number of rotatable bonds is 9. The van der Waals surface area contributed by atoms with E-state index >= 15 is 0 Å². The molecule has 214 valence electrons. The van der Waals surface area contributed by atoms with Crippen molar-refractivity contribution >= 4 is 45.0 Å². The van der Waals surface area contributed by atoms with Crippen molar-refractivity contribution in [2.24, 2.45) is 5.92 Å². The van der Waals surface area contributed by atoms with Crippen LogP contribution >= 0.6 is 11.3 Å². The fraction of sp³-hybridized carbons (Fsp3) is 0.517. The molecular weight excluding hydrogens is 530 g/mol. The summed E-state index contributed by atoms with van der Waals surface area (Å²) in [7, 11) is 0. The molecule has 2 atom stereocenters. The summed E-state index contributed by atoms with van der Waals surface area (Å²) in [5, 5.41) is 9.74. The number of furan rings is 1. The molecule has 2 saturated heterocycles. The summed E-state index contributed by atoms with van der Waals surface area (Å²) in [6, 6.07) is 7.68. The number of ketones is 1. The SMILES string of the molecule is CC(C)CC(NC(=O)c1cc2ccccc2o1)C(=O)N(Cc1csc(N2CCOCC2)n1)[C@H]1CCCNCC1=O. The molecule has 40 heavy (non-hydrogen) atoms. The number of benzene rings is 1. The van der Waals surface area contributed by atoms with Gasteiger partial charge in [-0.3, -0.25) is 14.4 Å². The van der Waals surface area contributed by atoms with Crippen molar-refractivity contribution < 1.29 is 23.5 Å². The lowest BCUT2D eigenvalue weighted by molar-refractivity contribution is -0.142. The molecule has 1 unspecified atom stereocenters. The molecule has 2 aliphatic heterocycles. The van der Waals surface area contributed by atoms with Crippen LogP contribution in [0.5, 0.6) is 0 Å². The first-order valence-electron chi connectivity index (χ1n) is 14.0. The third kappa shape index (κ3) is 6.71. The smallest absolute Gasteiger partial charge is 0.287 e. The Balaban J connectivity index is 1.40. The number of thiazole rings is 1. The monoisotopic (exact) mass is 567 g/mol. The van der Waals surface area contributed by atoms with Crippen LogP contribution in [-0.4, -0.2) is 79.0 Å². The van der Waals surface area contributed by atoms with Gasteiger partial charge in [-0.15, -0.1) is 11.3 Å². The summed E-state index contributed by atoms with van der Waals surface area (Å²) in [5.41, 5.74) is 1.34. The third-order valence-corrected chi connectivity index (χ3v) is 8.22. The van der Waals surface area contributed by atoms with Crippen molar-refractivity contribution in [3.8, 4) is 0 Å². The van der Waals surface area contributed by atoms with Gasteiger partial charge in [-0.1, -0.05) is 32.0 Å². The molecule has 2 N–H and O–H groups in total. The van der Waals surface area contributed by atoms with E-state index < -0.39 is 18.0 Å². The summed E-state index contributed by atoms with van der Waals surface area (Å²) < 4.78 is 11.2. The second-order valence-corrected chi connectivity index (χ2v) is 11.6. The maximum Gasteiger partial charge on any atom is 0.287 e. The van der Waals surface area contributed by atoms with E-state index in [1.165, 1.54) is 11.3 Å². The van der Waals surface area contributed by atoms with Crippen molar-refractivity contribution in [2.75, 3.05) is 44.3 Å². The molecule has 2 amide bonds. The summed E-state index contributed by atoms with van der Waals surface area (Å²) in [5.74, 6) is -0.475. The number of amides is 2. The van der Waals surface area contributed by atoms with Crippen molar-refractivity contribution in [2.45, 2.75) is 51.7 Å². The minimum Gasteiger partial charge on any atom is -0.451 e. The zero-order valence-electron chi connectivity index (χ0n) is 23.1. The van der Waals surface area contributed by atoms with E-state index in [-0.39, 0.29) is 36.5 Å². The number of Topliss-reactive ketones (excluding diaryl/α,β-unsaturated/α-hetero) is 1. The Kier molecular flexibility index (Phi) is 9.13. The fourth-order valence-electron chi connectivity index (χ4n) is 5.24. The van der Waals surface area contributed by atoms with Crippen LogP contribution in [0.15, 0.2) is 40.1 Å². The predicted octanol–water partition coefficient (Wildman–Crippen LogP) is 3.22. The van der Waals surface area contributed by atoms with Crippen LogP contribution in [0.1, 0.15) is 49.4 Å². The molecule has 10 nitrogen and oxygen atoms in total. The molecular formula is C29H37N5O5S. The van der Waals surface area contributed by atoms with Gasteiger partial charge in [-0.25, -0.2) is 4.98 Å². The number of nitrogens with zero attached hydrogens (tertiary/aromatic N) is 3. The van der Waals surface area contributed by atoms with E-state index in [0.29, 0.717) is 31.6 Å². The van der Waals surface area contributed by atoms with E-state index in [0.717, 1.165) is 42.3 Å². The minimum atomic E-state index is -0.818. The van der Waals surface area contributed by atoms with E-state index in [1.54, 1.807) is 17.0 Å². The standard InChI is InChI=1S/C29H37N5O5S/c1-19(2)14-22(32-27(36)26-15-20-6-3-4-8-25(20)39-26)28(37)34(23-7-5-9-30-16-24(23)35)17-21-18-40-29(31-21)33-10-12-38-13-11-33/h3-4,6,8,15,18-19,22-23,30H,5,7,9-14,16-17H2,1-2H3,(H,32,36)/t22?,23-/m0/s1. The van der Waals surface area contributed by atoms with Gasteiger partial charge in [0.1, 0.15) is 11.6 Å². The first-order valence-corrected chi connectivity index (χ1v) is 14.9. The normalized spacial score (nSPS) is 19.0. The molecule has 5 rings (SSSR count). The molecule has 0 bridgehead atoms. The molecule has 0 spiro atoms. The van der Waals surface area contributed by atoms with E-state index in [1.807, 2.05) is 37.4 Å². The number of aromatic nitrogens is 1. The quantitative estimate of drug-likeness (QED) is 0.405. The number of anilines is 1. The summed E-state index contributed by atoms with van der Waals surface area (Å²) in [4.78, 5) is 49.4. The van der Waals surface area contributed by atoms with Gasteiger partial charge in [0.05, 0.1) is 38.0 Å². The number of fused-ring (bicyclic) bond motifs is 1. The highest BCUT2D eigenvalue weighted by Gasteiger charge is 2.36. The lowest BCUT2D eigenvalue weighted by Gasteiger charge is -2.33. The van der Waals surface area contributed by atoms with E-state index in [2.05, 4.69) is 15.5 Å². The van der Waals surface area contributed by atoms with Crippen molar-refractivity contribution in [1.29, 1.82) is 0 Å². The highest BCUT2D eigenvalue weighted by Crippen LogP contribution is 2.25. The summed E-state index contributed by atoms with van der Waals surface area (Å²) in [6.45, 7) is 8.01. The number of morpholine rings is 1. The Morgan fingerprint density at radius 1 is 1.25 bits per heavy atom. The second kappa shape index (κ2) is 12.9. The number of carbonyl (C=O) groups is 3. The Labute approximate surface area is 238 Å². The number of para-hydroxylation sites is 1. The van der Waals surface area contributed by atoms with Gasteiger partial charge in [-0.2, -0.15) is 0 Å². The highest BCUT2D eigenvalue weighted by molar-refractivity contribution is 7.13. The van der Waals surface area contributed by atoms with Crippen LogP contribution in [0.25, 0.3) is 11.0 Å². The number of hydrogen-bond acceptors (Lipinski definition) is 9. The van der Waals surface area contributed by atoms with Crippen LogP contribution in [0, 0.1) is 5.92 Å². The van der Waals surface area contributed by atoms with Crippen molar-refractivity contribution in [3.05, 3.63) is 47.2 Å². The molecule has 4 heterocycles. The van der Waals surface area contributed by atoms with Crippen LogP contribution < -0.4 is 15.5 Å². The van der Waals surface area contributed by atoms with Crippen LogP contribution in [0.4, 0.5) is 5.13 Å². The number of nitrogens with one attached hydrogen (secondary N) is 2. The molecule has 3 aromatic rings. The summed E-state index contributed by atoms with van der Waals surface area (Å²) in [6.07, 6.45) is 1.76. The van der Waals surface area contributed by atoms with Crippen LogP contribution in [0.3, 0.4) is 0 Å². The Hall–Kier alpha value is -3.28. The Morgan fingerprint density at radius 2 is 2.05 bits per heavy atom. The largest absolute Gasteiger partial charge is 0.451 e. The first kappa shape index (κ1) is 28.3. The molecule has 0 aliphatic carbocycles. The van der Waals surface area contributed by atoms with Gasteiger partial charge in [0.2, 0.25) is 5.91 Å². The minimum absolute atomic E-state index is 0.0265. The van der Waals surface area contributed by atoms with Crippen molar-refractivity contribution in [1.82, 2.24) is 20.5 Å². The summed E-state index contributed by atoms with van der Waals surface area (Å²) >= 11 is 1.53. The Bertz CT molecular complexity index is 1300. The second-order valence-electron chi connectivity index (χ2n) is 10.8. The van der Waals surface area contributed by atoms with Gasteiger partial charge in [0.15, 0.2) is 16.7 Å². The molecule has 0 radical (unpaired) electrons. The van der Waals surface area contributed by atoms with Gasteiger partial charge in [0.25, 0.3) is 5.91 Å². The predicted molar refractivity (Wildman–Crippen MR) is 154 cm³/mol. The maximum absolute atomic E-state index is 14.2. The number of hydrogen-bond donors (Lipinski definition) is 2. The number of carbonyl (C=O) groups excluding carboxylic acids is 3. The van der Waals surface area contributed by atoms with Crippen LogP contribution in [0.2, 0.25) is 0 Å². The average Bonchev–Trinajstić information content (AvgIpc) is 3.55. The molecule has 2 aromatic heterocycles. The first-order chi connectivity index (χ1) is 19.4. The molecule has 11 heteroatoms. The lowest BCUT2D eigenvalue weighted by Crippen LogP contribution is -2.54. The molecule has 2 aliphatic rings. The Morgan fingerprint density at radius 3 is 2.83 bits per heavy atom. The topological polar surface area (TPSA) is 117 Å². The van der Waals surface area contributed by atoms with Crippen molar-refractivity contribution in [3.63, 3.8) is 0 Å². The number of ether oxygens (including phenoxy) is 1. The van der Waals surface area contributed by atoms with E-state index in [9.17, 15) is 14.4 Å². The molecule has 2 fully saturated rings. The molecule has 0 saturated carbocycles. The average molecular weight is 568 g/mol. The van der Waals surface area contributed by atoms with Crippen LogP contribution in [-0.2, 0) is 20.9 Å². The zero-order chi connectivity index (χ0) is 28.1. The van der Waals surface area contributed by atoms with E-state index in [4.69, 9.17) is 14.1 Å². The van der Waals surface area contributed by atoms with Gasteiger partial charge in [0, 0.05) is 23.9 Å².